The summed E-state index contributed by atoms with van der Waals surface area (Å²) in [4.78, 5) is 10.8. The molecule has 0 fully saturated rings. The molecule has 0 aromatic heterocycles. The third kappa shape index (κ3) is 3.69. The third-order valence-electron chi connectivity index (χ3n) is 2.69. The average molecular weight is 341 g/mol. The summed E-state index contributed by atoms with van der Waals surface area (Å²) >= 11 is 5.93. The molecule has 116 valence electrons. The fourth-order valence-corrected chi connectivity index (χ4v) is 3.35. The molecule has 2 rings (SSSR count). The van der Waals surface area contributed by atoms with E-state index in [0.717, 1.165) is 0 Å². The number of phenols is 1. The van der Waals surface area contributed by atoms with Crippen LogP contribution in [0.3, 0.4) is 0 Å². The Morgan fingerprint density at radius 2 is 1.86 bits per heavy atom. The molecule has 0 heterocycles. The summed E-state index contributed by atoms with van der Waals surface area (Å²) in [6, 6.07) is 10.0. The van der Waals surface area contributed by atoms with Crippen LogP contribution < -0.4 is 10.0 Å². The fourth-order valence-electron chi connectivity index (χ4n) is 1.75. The first-order valence-corrected chi connectivity index (χ1v) is 8.03. The van der Waals surface area contributed by atoms with E-state index in [1.54, 1.807) is 12.1 Å². The van der Waals surface area contributed by atoms with Crippen LogP contribution in [0.4, 0.5) is 11.4 Å². The molecular weight excluding hydrogens is 328 g/mol. The van der Waals surface area contributed by atoms with E-state index in [-0.39, 0.29) is 27.3 Å². The lowest BCUT2D eigenvalue weighted by atomic mass is 10.3. The van der Waals surface area contributed by atoms with Crippen molar-refractivity contribution in [3.63, 3.8) is 0 Å². The average Bonchev–Trinajstić information content (AvgIpc) is 2.42. The van der Waals surface area contributed by atoms with E-state index in [9.17, 15) is 18.3 Å². The van der Waals surface area contributed by atoms with Crippen LogP contribution in [-0.4, -0.2) is 19.4 Å². The molecule has 0 radical (unpaired) electrons. The number of rotatable bonds is 4. The Balaban J connectivity index is 2.41. The molecule has 0 aliphatic carbocycles. The summed E-state index contributed by atoms with van der Waals surface area (Å²) in [6.45, 7) is 1.31. The molecule has 3 N–H and O–H groups in total. The van der Waals surface area contributed by atoms with Gasteiger partial charge in [-0.2, -0.15) is 0 Å². The van der Waals surface area contributed by atoms with Crippen molar-refractivity contribution in [1.29, 1.82) is 0 Å². The van der Waals surface area contributed by atoms with Crippen molar-refractivity contribution in [3.8, 4) is 5.75 Å². The summed E-state index contributed by atoms with van der Waals surface area (Å²) < 4.78 is 27.0. The minimum atomic E-state index is -4.02. The first-order valence-electron chi connectivity index (χ1n) is 6.17. The van der Waals surface area contributed by atoms with Gasteiger partial charge in [0, 0.05) is 12.6 Å². The Bertz CT molecular complexity index is 821. The Morgan fingerprint density at radius 3 is 2.50 bits per heavy atom. The highest BCUT2D eigenvalue weighted by atomic mass is 35.5. The van der Waals surface area contributed by atoms with Gasteiger partial charge in [0.25, 0.3) is 10.0 Å². The lowest BCUT2D eigenvalue weighted by Gasteiger charge is -2.12. The molecule has 2 aromatic carbocycles. The standard InChI is InChI=1S/C14H13ClN2O4S/c1-9(18)16-10-6-7-11(15)14(8-10)22(20,21)17-12-4-2-3-5-13(12)19/h2-8,17,19H,1H3,(H,16,18). The van der Waals surface area contributed by atoms with Gasteiger partial charge in [0.15, 0.2) is 0 Å². The smallest absolute Gasteiger partial charge is 0.263 e. The second kappa shape index (κ2) is 6.25. The number of sulfonamides is 1. The van der Waals surface area contributed by atoms with Crippen LogP contribution in [0.1, 0.15) is 6.92 Å². The normalized spacial score (nSPS) is 11.0. The van der Waals surface area contributed by atoms with Crippen LogP contribution in [0.2, 0.25) is 5.02 Å². The number of phenolic OH excluding ortho intramolecular Hbond substituents is 1. The molecule has 2 aromatic rings. The van der Waals surface area contributed by atoms with E-state index in [1.165, 1.54) is 37.3 Å². The van der Waals surface area contributed by atoms with Crippen LogP contribution in [0, 0.1) is 0 Å². The van der Waals surface area contributed by atoms with E-state index in [0.29, 0.717) is 5.69 Å². The maximum Gasteiger partial charge on any atom is 0.263 e. The maximum absolute atomic E-state index is 12.4. The van der Waals surface area contributed by atoms with Crippen LogP contribution >= 0.6 is 11.6 Å². The Hall–Kier alpha value is -2.25. The summed E-state index contributed by atoms with van der Waals surface area (Å²) in [5.41, 5.74) is 0.332. The minimum absolute atomic E-state index is 0.00276. The van der Waals surface area contributed by atoms with Gasteiger partial charge in [0.2, 0.25) is 5.91 Å². The largest absolute Gasteiger partial charge is 0.506 e. The first-order chi connectivity index (χ1) is 10.3. The summed E-state index contributed by atoms with van der Waals surface area (Å²) in [5, 5.41) is 12.1. The number of nitrogens with one attached hydrogen (secondary N) is 2. The lowest BCUT2D eigenvalue weighted by molar-refractivity contribution is -0.114. The monoisotopic (exact) mass is 340 g/mol. The van der Waals surface area contributed by atoms with Crippen LogP contribution in [0.5, 0.6) is 5.75 Å². The summed E-state index contributed by atoms with van der Waals surface area (Å²) in [7, 11) is -4.02. The Morgan fingerprint density at radius 1 is 1.18 bits per heavy atom. The number of aromatic hydroxyl groups is 1. The molecule has 0 saturated heterocycles. The van der Waals surface area contributed by atoms with Gasteiger partial charge >= 0.3 is 0 Å². The SMILES string of the molecule is CC(=O)Nc1ccc(Cl)c(S(=O)(=O)Nc2ccccc2O)c1. The van der Waals surface area contributed by atoms with Crippen LogP contribution in [-0.2, 0) is 14.8 Å². The molecule has 0 spiro atoms. The van der Waals surface area contributed by atoms with Crippen molar-refractivity contribution < 1.29 is 18.3 Å². The second-order valence-electron chi connectivity index (χ2n) is 4.45. The van der Waals surface area contributed by atoms with E-state index in [4.69, 9.17) is 11.6 Å². The van der Waals surface area contributed by atoms with Gasteiger partial charge in [-0.05, 0) is 30.3 Å². The number of carbonyl (C=O) groups is 1. The predicted molar refractivity (Wildman–Crippen MR) is 84.7 cm³/mol. The minimum Gasteiger partial charge on any atom is -0.506 e. The number of halogens is 1. The third-order valence-corrected chi connectivity index (χ3v) is 4.54. The van der Waals surface area contributed by atoms with Gasteiger partial charge in [-0.3, -0.25) is 9.52 Å². The molecule has 22 heavy (non-hydrogen) atoms. The van der Waals surface area contributed by atoms with Gasteiger partial charge in [-0.25, -0.2) is 8.42 Å². The summed E-state index contributed by atoms with van der Waals surface area (Å²) in [6.07, 6.45) is 0. The highest BCUT2D eigenvalue weighted by Crippen LogP contribution is 2.29. The van der Waals surface area contributed by atoms with E-state index in [1.807, 2.05) is 0 Å². The van der Waals surface area contributed by atoms with Crippen molar-refractivity contribution in [3.05, 3.63) is 47.5 Å². The number of para-hydroxylation sites is 2. The number of carbonyl (C=O) groups excluding carboxylic acids is 1. The maximum atomic E-state index is 12.4. The van der Waals surface area contributed by atoms with Gasteiger partial charge in [-0.15, -0.1) is 0 Å². The molecule has 1 amide bonds. The Labute approximate surface area is 132 Å². The molecule has 8 heteroatoms. The number of benzene rings is 2. The molecular formula is C14H13ClN2O4S. The number of hydrogen-bond donors (Lipinski definition) is 3. The zero-order valence-electron chi connectivity index (χ0n) is 11.5. The van der Waals surface area contributed by atoms with Gasteiger partial charge in [0.05, 0.1) is 10.7 Å². The molecule has 0 aliphatic rings. The van der Waals surface area contributed by atoms with Crippen molar-refractivity contribution >= 4 is 38.9 Å². The number of hydrogen-bond acceptors (Lipinski definition) is 4. The topological polar surface area (TPSA) is 95.5 Å². The quantitative estimate of drug-likeness (QED) is 0.746. The van der Waals surface area contributed by atoms with Crippen molar-refractivity contribution in [2.24, 2.45) is 0 Å². The van der Waals surface area contributed by atoms with Gasteiger partial charge < -0.3 is 10.4 Å². The molecule has 0 aliphatic heterocycles. The highest BCUT2D eigenvalue weighted by molar-refractivity contribution is 7.92. The molecule has 0 saturated carbocycles. The molecule has 0 unspecified atom stereocenters. The molecule has 0 atom stereocenters. The zero-order chi connectivity index (χ0) is 16.3. The number of amides is 1. The zero-order valence-corrected chi connectivity index (χ0v) is 13.1. The molecule has 6 nitrogen and oxygen atoms in total. The summed E-state index contributed by atoms with van der Waals surface area (Å²) in [5.74, 6) is -0.542. The van der Waals surface area contributed by atoms with Crippen molar-refractivity contribution in [2.75, 3.05) is 10.0 Å². The highest BCUT2D eigenvalue weighted by Gasteiger charge is 2.20. The second-order valence-corrected chi connectivity index (χ2v) is 6.51. The van der Waals surface area contributed by atoms with Crippen LogP contribution in [0.15, 0.2) is 47.4 Å². The lowest BCUT2D eigenvalue weighted by Crippen LogP contribution is -2.14. The van der Waals surface area contributed by atoms with Crippen molar-refractivity contribution in [1.82, 2.24) is 0 Å². The van der Waals surface area contributed by atoms with Crippen molar-refractivity contribution in [2.45, 2.75) is 11.8 Å². The number of anilines is 2. The first kappa shape index (κ1) is 16.1. The predicted octanol–water partition coefficient (Wildman–Crippen LogP) is 2.80. The van der Waals surface area contributed by atoms with E-state index in [2.05, 4.69) is 10.0 Å². The molecule has 0 bridgehead atoms. The van der Waals surface area contributed by atoms with Gasteiger partial charge in [-0.1, -0.05) is 23.7 Å². The fraction of sp³-hybridized carbons (Fsp3) is 0.0714. The van der Waals surface area contributed by atoms with E-state index >= 15 is 0 Å². The van der Waals surface area contributed by atoms with Gasteiger partial charge in [0.1, 0.15) is 10.6 Å². The van der Waals surface area contributed by atoms with Crippen LogP contribution in [0.25, 0.3) is 0 Å². The van der Waals surface area contributed by atoms with E-state index < -0.39 is 10.0 Å². The Kier molecular flexibility index (Phi) is 4.58.